The molecule has 0 fully saturated rings. The standard InChI is InChI=1S/C21H16F3N5O/c1-2-10-26-20(30)16-17-19(28-15-9-4-3-8-14(15)27-17)29(18(16)25)13-7-5-6-12(11-13)21(22,23)24/h2-9,11H,1,10,25H2,(H,26,30). The molecule has 0 aliphatic rings. The second-order valence-corrected chi connectivity index (χ2v) is 6.53. The molecule has 0 aliphatic carbocycles. The molecule has 4 aromatic rings. The van der Waals surface area contributed by atoms with Crippen molar-refractivity contribution in [3.05, 3.63) is 72.3 Å². The zero-order valence-electron chi connectivity index (χ0n) is 15.6. The van der Waals surface area contributed by atoms with E-state index in [0.717, 1.165) is 12.1 Å². The van der Waals surface area contributed by atoms with Gasteiger partial charge in [0.15, 0.2) is 5.65 Å². The van der Waals surface area contributed by atoms with Crippen LogP contribution in [0.25, 0.3) is 27.9 Å². The molecule has 2 aromatic heterocycles. The Morgan fingerprint density at radius 3 is 2.50 bits per heavy atom. The summed E-state index contributed by atoms with van der Waals surface area (Å²) in [4.78, 5) is 21.8. The van der Waals surface area contributed by atoms with Gasteiger partial charge in [-0.25, -0.2) is 9.97 Å². The third-order valence-corrected chi connectivity index (χ3v) is 4.56. The first-order valence-corrected chi connectivity index (χ1v) is 8.94. The SMILES string of the molecule is C=CCNC(=O)c1c(N)n(-c2cccc(C(F)(F)F)c2)c2nc3ccccc3nc12. The average Bonchev–Trinajstić information content (AvgIpc) is 3.00. The van der Waals surface area contributed by atoms with Crippen LogP contribution in [0.2, 0.25) is 0 Å². The van der Waals surface area contributed by atoms with E-state index < -0.39 is 17.6 Å². The number of aromatic nitrogens is 3. The monoisotopic (exact) mass is 411 g/mol. The first kappa shape index (κ1) is 19.4. The highest BCUT2D eigenvalue weighted by atomic mass is 19.4. The molecular weight excluding hydrogens is 395 g/mol. The van der Waals surface area contributed by atoms with Crippen molar-refractivity contribution in [2.75, 3.05) is 12.3 Å². The minimum atomic E-state index is -4.53. The van der Waals surface area contributed by atoms with Gasteiger partial charge in [0.1, 0.15) is 16.9 Å². The van der Waals surface area contributed by atoms with Crippen molar-refractivity contribution >= 4 is 33.9 Å². The molecule has 0 atom stereocenters. The highest BCUT2D eigenvalue weighted by Gasteiger charge is 2.31. The number of halogens is 3. The van der Waals surface area contributed by atoms with Gasteiger partial charge in [0, 0.05) is 12.2 Å². The van der Waals surface area contributed by atoms with E-state index in [2.05, 4.69) is 21.9 Å². The van der Waals surface area contributed by atoms with E-state index in [0.29, 0.717) is 11.0 Å². The van der Waals surface area contributed by atoms with Crippen molar-refractivity contribution in [2.24, 2.45) is 0 Å². The predicted octanol–water partition coefficient (Wildman–Crippen LogP) is 4.09. The van der Waals surface area contributed by atoms with E-state index in [1.165, 1.54) is 22.8 Å². The summed E-state index contributed by atoms with van der Waals surface area (Å²) in [6.45, 7) is 3.74. The lowest BCUT2D eigenvalue weighted by Gasteiger charge is -2.11. The summed E-state index contributed by atoms with van der Waals surface area (Å²) in [7, 11) is 0. The minimum Gasteiger partial charge on any atom is -0.384 e. The lowest BCUT2D eigenvalue weighted by Crippen LogP contribution is -2.24. The molecule has 9 heteroatoms. The van der Waals surface area contributed by atoms with Crippen LogP contribution >= 0.6 is 0 Å². The molecule has 2 heterocycles. The minimum absolute atomic E-state index is 0.0440. The van der Waals surface area contributed by atoms with Crippen LogP contribution in [0.5, 0.6) is 0 Å². The van der Waals surface area contributed by atoms with Crippen LogP contribution in [-0.4, -0.2) is 27.0 Å². The molecular formula is C21H16F3N5O. The second-order valence-electron chi connectivity index (χ2n) is 6.53. The fourth-order valence-electron chi connectivity index (χ4n) is 3.22. The topological polar surface area (TPSA) is 85.8 Å². The normalized spacial score (nSPS) is 11.7. The van der Waals surface area contributed by atoms with Gasteiger partial charge < -0.3 is 11.1 Å². The van der Waals surface area contributed by atoms with Crippen LogP contribution in [-0.2, 0) is 6.18 Å². The molecule has 152 valence electrons. The van der Waals surface area contributed by atoms with E-state index in [4.69, 9.17) is 5.73 Å². The highest BCUT2D eigenvalue weighted by Crippen LogP contribution is 2.34. The van der Waals surface area contributed by atoms with E-state index in [-0.39, 0.29) is 34.8 Å². The third-order valence-electron chi connectivity index (χ3n) is 4.56. The van der Waals surface area contributed by atoms with Gasteiger partial charge in [-0.15, -0.1) is 6.58 Å². The molecule has 30 heavy (non-hydrogen) atoms. The third kappa shape index (κ3) is 3.24. The number of fused-ring (bicyclic) bond motifs is 2. The second kappa shape index (κ2) is 7.18. The van der Waals surface area contributed by atoms with Crippen LogP contribution in [0.1, 0.15) is 15.9 Å². The van der Waals surface area contributed by atoms with Crippen LogP contribution in [0.4, 0.5) is 19.0 Å². The first-order chi connectivity index (χ1) is 14.3. The quantitative estimate of drug-likeness (QED) is 0.496. The van der Waals surface area contributed by atoms with Crippen molar-refractivity contribution in [3.63, 3.8) is 0 Å². The number of hydrogen-bond donors (Lipinski definition) is 2. The van der Waals surface area contributed by atoms with Gasteiger partial charge in [-0.1, -0.05) is 24.3 Å². The number of nitrogens with zero attached hydrogens (tertiary/aromatic N) is 3. The van der Waals surface area contributed by atoms with Gasteiger partial charge in [-0.2, -0.15) is 13.2 Å². The fourth-order valence-corrected chi connectivity index (χ4v) is 3.22. The number of amides is 1. The van der Waals surface area contributed by atoms with Gasteiger partial charge >= 0.3 is 6.18 Å². The van der Waals surface area contributed by atoms with Gasteiger partial charge in [0.2, 0.25) is 0 Å². The molecule has 6 nitrogen and oxygen atoms in total. The molecule has 0 unspecified atom stereocenters. The number of nitrogen functional groups attached to an aromatic ring is 1. The number of nitrogens with two attached hydrogens (primary N) is 1. The number of benzene rings is 2. The van der Waals surface area contributed by atoms with Gasteiger partial charge in [-0.05, 0) is 30.3 Å². The Kier molecular flexibility index (Phi) is 4.65. The summed E-state index contributed by atoms with van der Waals surface area (Å²) < 4.78 is 41.0. The number of rotatable bonds is 4. The zero-order chi connectivity index (χ0) is 21.5. The summed E-state index contributed by atoms with van der Waals surface area (Å²) in [6, 6.07) is 11.6. The Labute approximate surface area is 168 Å². The maximum Gasteiger partial charge on any atom is 0.416 e. The lowest BCUT2D eigenvalue weighted by atomic mass is 10.2. The zero-order valence-corrected chi connectivity index (χ0v) is 15.6. The number of nitrogens with one attached hydrogen (secondary N) is 1. The molecule has 0 spiro atoms. The van der Waals surface area contributed by atoms with Crippen LogP contribution in [0.3, 0.4) is 0 Å². The van der Waals surface area contributed by atoms with Crippen molar-refractivity contribution in [1.82, 2.24) is 19.9 Å². The van der Waals surface area contributed by atoms with Crippen LogP contribution in [0.15, 0.2) is 61.2 Å². The Hall–Kier alpha value is -3.88. The number of carbonyl (C=O) groups excluding carboxylic acids is 1. The molecule has 0 bridgehead atoms. The molecule has 0 saturated heterocycles. The number of hydrogen-bond acceptors (Lipinski definition) is 4. The van der Waals surface area contributed by atoms with Gasteiger partial charge in [0.05, 0.1) is 16.6 Å². The lowest BCUT2D eigenvalue weighted by molar-refractivity contribution is -0.137. The van der Waals surface area contributed by atoms with E-state index >= 15 is 0 Å². The molecule has 3 N–H and O–H groups in total. The highest BCUT2D eigenvalue weighted by molar-refractivity contribution is 6.11. The molecule has 0 radical (unpaired) electrons. The van der Waals surface area contributed by atoms with E-state index in [9.17, 15) is 18.0 Å². The smallest absolute Gasteiger partial charge is 0.384 e. The summed E-state index contributed by atoms with van der Waals surface area (Å²) in [5.74, 6) is -0.575. The Morgan fingerprint density at radius 1 is 1.13 bits per heavy atom. The molecule has 0 saturated carbocycles. The molecule has 4 rings (SSSR count). The van der Waals surface area contributed by atoms with Crippen molar-refractivity contribution < 1.29 is 18.0 Å². The summed E-state index contributed by atoms with van der Waals surface area (Å²) in [5.41, 5.74) is 7.03. The van der Waals surface area contributed by atoms with Crippen molar-refractivity contribution in [3.8, 4) is 5.69 Å². The predicted molar refractivity (Wildman–Crippen MR) is 108 cm³/mol. The maximum atomic E-state index is 13.2. The van der Waals surface area contributed by atoms with Crippen molar-refractivity contribution in [2.45, 2.75) is 6.18 Å². The molecule has 1 amide bonds. The van der Waals surface area contributed by atoms with Crippen molar-refractivity contribution in [1.29, 1.82) is 0 Å². The van der Waals surface area contributed by atoms with E-state index in [1.807, 2.05) is 0 Å². The Balaban J connectivity index is 2.04. The fraction of sp³-hybridized carbons (Fsp3) is 0.0952. The van der Waals surface area contributed by atoms with Gasteiger partial charge in [0.25, 0.3) is 5.91 Å². The number of alkyl halides is 3. The number of carbonyl (C=O) groups is 1. The average molecular weight is 411 g/mol. The van der Waals surface area contributed by atoms with E-state index in [1.54, 1.807) is 24.3 Å². The largest absolute Gasteiger partial charge is 0.416 e. The Bertz CT molecular complexity index is 1290. The van der Waals surface area contributed by atoms with Gasteiger partial charge in [-0.3, -0.25) is 9.36 Å². The Morgan fingerprint density at radius 2 is 1.83 bits per heavy atom. The number of anilines is 1. The van der Waals surface area contributed by atoms with Crippen LogP contribution in [0, 0.1) is 0 Å². The summed E-state index contributed by atoms with van der Waals surface area (Å²) in [5, 5.41) is 2.63. The number of para-hydroxylation sites is 2. The first-order valence-electron chi connectivity index (χ1n) is 8.94. The molecule has 0 aliphatic heterocycles. The molecule has 2 aromatic carbocycles. The summed E-state index contributed by atoms with van der Waals surface area (Å²) >= 11 is 0. The summed E-state index contributed by atoms with van der Waals surface area (Å²) in [6.07, 6.45) is -3.03. The van der Waals surface area contributed by atoms with Crippen LogP contribution < -0.4 is 11.1 Å². The maximum absolute atomic E-state index is 13.2.